The molecule has 0 aromatic heterocycles. The van der Waals surface area contributed by atoms with E-state index in [4.69, 9.17) is 4.74 Å². The summed E-state index contributed by atoms with van der Waals surface area (Å²) >= 11 is 0. The number of hydrogen-bond donors (Lipinski definition) is 1. The van der Waals surface area contributed by atoms with E-state index in [2.05, 4.69) is 39.1 Å². The summed E-state index contributed by atoms with van der Waals surface area (Å²) < 4.78 is 5.55. The number of nitrogens with one attached hydrogen (secondary N) is 1. The fourth-order valence-corrected chi connectivity index (χ4v) is 2.91. The molecular formula is C18H25NO2. The summed E-state index contributed by atoms with van der Waals surface area (Å²) in [6.07, 6.45) is 2.21. The molecule has 0 heterocycles. The Morgan fingerprint density at radius 3 is 2.62 bits per heavy atom. The SMILES string of the molecule is CCOc1ccccc1NC(=O)[C@@H]1[C@H](C=C(C)C)C1(C)C. The fourth-order valence-electron chi connectivity index (χ4n) is 2.91. The Labute approximate surface area is 127 Å². The first-order valence-corrected chi connectivity index (χ1v) is 7.55. The minimum Gasteiger partial charge on any atom is -0.492 e. The molecule has 2 atom stereocenters. The number of benzene rings is 1. The first kappa shape index (κ1) is 15.6. The molecule has 0 bridgehead atoms. The number of carbonyl (C=O) groups excluding carboxylic acids is 1. The smallest absolute Gasteiger partial charge is 0.228 e. The van der Waals surface area contributed by atoms with Crippen molar-refractivity contribution in [1.29, 1.82) is 0 Å². The van der Waals surface area contributed by atoms with Gasteiger partial charge in [-0.2, -0.15) is 0 Å². The lowest BCUT2D eigenvalue weighted by atomic mass is 10.1. The van der Waals surface area contributed by atoms with Gasteiger partial charge in [0.2, 0.25) is 5.91 Å². The Balaban J connectivity index is 2.11. The van der Waals surface area contributed by atoms with Gasteiger partial charge in [-0.15, -0.1) is 0 Å². The molecular weight excluding hydrogens is 262 g/mol. The van der Waals surface area contributed by atoms with E-state index < -0.39 is 0 Å². The van der Waals surface area contributed by atoms with Crippen molar-refractivity contribution in [1.82, 2.24) is 0 Å². The van der Waals surface area contributed by atoms with Crippen LogP contribution in [-0.2, 0) is 4.79 Å². The molecule has 2 rings (SSSR count). The molecule has 3 nitrogen and oxygen atoms in total. The average molecular weight is 287 g/mol. The van der Waals surface area contributed by atoms with E-state index in [0.29, 0.717) is 12.5 Å². The average Bonchev–Trinajstić information content (AvgIpc) is 2.92. The monoisotopic (exact) mass is 287 g/mol. The van der Waals surface area contributed by atoms with Crippen molar-refractivity contribution in [3.63, 3.8) is 0 Å². The summed E-state index contributed by atoms with van der Waals surface area (Å²) in [6, 6.07) is 7.58. The van der Waals surface area contributed by atoms with Crippen molar-refractivity contribution in [2.75, 3.05) is 11.9 Å². The first-order valence-electron chi connectivity index (χ1n) is 7.55. The van der Waals surface area contributed by atoms with Gasteiger partial charge in [0.05, 0.1) is 18.2 Å². The quantitative estimate of drug-likeness (QED) is 0.822. The number of allylic oxidation sites excluding steroid dienone is 2. The van der Waals surface area contributed by atoms with Crippen LogP contribution in [0.4, 0.5) is 5.69 Å². The fraction of sp³-hybridized carbons (Fsp3) is 0.500. The van der Waals surface area contributed by atoms with Crippen LogP contribution in [0, 0.1) is 17.3 Å². The highest BCUT2D eigenvalue weighted by molar-refractivity contribution is 5.96. The zero-order valence-electron chi connectivity index (χ0n) is 13.6. The molecule has 1 N–H and O–H groups in total. The maximum atomic E-state index is 12.5. The van der Waals surface area contributed by atoms with Crippen LogP contribution in [0.2, 0.25) is 0 Å². The van der Waals surface area contributed by atoms with Gasteiger partial charge >= 0.3 is 0 Å². The van der Waals surface area contributed by atoms with Gasteiger partial charge in [-0.3, -0.25) is 4.79 Å². The van der Waals surface area contributed by atoms with E-state index in [1.54, 1.807) is 0 Å². The Bertz CT molecular complexity index is 556. The lowest BCUT2D eigenvalue weighted by Gasteiger charge is -2.11. The second-order valence-corrected chi connectivity index (χ2v) is 6.49. The van der Waals surface area contributed by atoms with Crippen LogP contribution in [0.3, 0.4) is 0 Å². The zero-order valence-corrected chi connectivity index (χ0v) is 13.6. The van der Waals surface area contributed by atoms with E-state index in [1.165, 1.54) is 5.57 Å². The molecule has 0 radical (unpaired) electrons. The molecule has 1 aromatic carbocycles. The van der Waals surface area contributed by atoms with Crippen LogP contribution >= 0.6 is 0 Å². The predicted molar refractivity (Wildman–Crippen MR) is 86.4 cm³/mol. The van der Waals surface area contributed by atoms with E-state index in [9.17, 15) is 4.79 Å². The number of rotatable bonds is 5. The Morgan fingerprint density at radius 2 is 2.00 bits per heavy atom. The van der Waals surface area contributed by atoms with E-state index >= 15 is 0 Å². The number of anilines is 1. The molecule has 1 saturated carbocycles. The van der Waals surface area contributed by atoms with Gasteiger partial charge in [-0.25, -0.2) is 0 Å². The predicted octanol–water partition coefficient (Wildman–Crippen LogP) is 4.26. The van der Waals surface area contributed by atoms with Crippen molar-refractivity contribution < 1.29 is 9.53 Å². The highest BCUT2D eigenvalue weighted by atomic mass is 16.5. The van der Waals surface area contributed by atoms with Gasteiger partial charge in [-0.05, 0) is 44.2 Å². The third-order valence-corrected chi connectivity index (χ3v) is 4.15. The highest BCUT2D eigenvalue weighted by Crippen LogP contribution is 2.59. The second kappa shape index (κ2) is 5.92. The van der Waals surface area contributed by atoms with Crippen LogP contribution in [0.1, 0.15) is 34.6 Å². The Kier molecular flexibility index (Phi) is 4.40. The van der Waals surface area contributed by atoms with E-state index in [1.807, 2.05) is 31.2 Å². The third-order valence-electron chi connectivity index (χ3n) is 4.15. The summed E-state index contributed by atoms with van der Waals surface area (Å²) in [5, 5.41) is 3.02. The maximum Gasteiger partial charge on any atom is 0.228 e. The van der Waals surface area contributed by atoms with Crippen LogP contribution in [0.25, 0.3) is 0 Å². The standard InChI is InChI=1S/C18H25NO2/c1-6-21-15-10-8-7-9-14(15)19-17(20)16-13(11-12(2)3)18(16,4)5/h7-11,13,16H,6H2,1-5H3,(H,19,20)/t13-,16-/m0/s1. The normalized spacial score (nSPS) is 22.3. The number of hydrogen-bond acceptors (Lipinski definition) is 2. The molecule has 1 aliphatic rings. The lowest BCUT2D eigenvalue weighted by molar-refractivity contribution is -0.118. The molecule has 0 spiro atoms. The topological polar surface area (TPSA) is 38.3 Å². The number of carbonyl (C=O) groups is 1. The zero-order chi connectivity index (χ0) is 15.6. The van der Waals surface area contributed by atoms with E-state index in [0.717, 1.165) is 11.4 Å². The summed E-state index contributed by atoms with van der Waals surface area (Å²) in [6.45, 7) is 11.0. The van der Waals surface area contributed by atoms with Gasteiger partial charge in [0.15, 0.2) is 0 Å². The molecule has 1 amide bonds. The van der Waals surface area contributed by atoms with Crippen LogP contribution in [-0.4, -0.2) is 12.5 Å². The largest absolute Gasteiger partial charge is 0.492 e. The summed E-state index contributed by atoms with van der Waals surface area (Å²) in [5.74, 6) is 1.16. The molecule has 0 saturated heterocycles. The van der Waals surface area contributed by atoms with Crippen molar-refractivity contribution in [3.8, 4) is 5.75 Å². The van der Waals surface area contributed by atoms with Crippen molar-refractivity contribution in [3.05, 3.63) is 35.9 Å². The maximum absolute atomic E-state index is 12.5. The third kappa shape index (κ3) is 3.29. The van der Waals surface area contributed by atoms with Crippen LogP contribution in [0.5, 0.6) is 5.75 Å². The molecule has 1 aliphatic carbocycles. The summed E-state index contributed by atoms with van der Waals surface area (Å²) in [5.41, 5.74) is 2.04. The van der Waals surface area contributed by atoms with Crippen LogP contribution < -0.4 is 10.1 Å². The Hall–Kier alpha value is -1.77. The molecule has 0 aliphatic heterocycles. The minimum atomic E-state index is 0.0297. The molecule has 3 heteroatoms. The van der Waals surface area contributed by atoms with Crippen molar-refractivity contribution >= 4 is 11.6 Å². The Morgan fingerprint density at radius 1 is 1.33 bits per heavy atom. The molecule has 0 unspecified atom stereocenters. The number of ether oxygens (including phenoxy) is 1. The molecule has 1 fully saturated rings. The summed E-state index contributed by atoms with van der Waals surface area (Å²) in [4.78, 5) is 12.5. The molecule has 1 aromatic rings. The lowest BCUT2D eigenvalue weighted by Crippen LogP contribution is -2.17. The van der Waals surface area contributed by atoms with Gasteiger partial charge in [0.1, 0.15) is 5.75 Å². The van der Waals surface area contributed by atoms with Crippen molar-refractivity contribution in [2.45, 2.75) is 34.6 Å². The van der Waals surface area contributed by atoms with Gasteiger partial charge in [0, 0.05) is 0 Å². The number of amides is 1. The highest BCUT2D eigenvalue weighted by Gasteiger charge is 2.60. The van der Waals surface area contributed by atoms with Crippen LogP contribution in [0.15, 0.2) is 35.9 Å². The van der Waals surface area contributed by atoms with Gasteiger partial charge < -0.3 is 10.1 Å². The van der Waals surface area contributed by atoms with E-state index in [-0.39, 0.29) is 17.2 Å². The molecule has 114 valence electrons. The molecule has 21 heavy (non-hydrogen) atoms. The first-order chi connectivity index (χ1) is 9.87. The van der Waals surface area contributed by atoms with Gasteiger partial charge in [0.25, 0.3) is 0 Å². The van der Waals surface area contributed by atoms with Crippen molar-refractivity contribution in [2.24, 2.45) is 17.3 Å². The van der Waals surface area contributed by atoms with Gasteiger partial charge in [-0.1, -0.05) is 37.6 Å². The summed E-state index contributed by atoms with van der Waals surface area (Å²) in [7, 11) is 0. The second-order valence-electron chi connectivity index (χ2n) is 6.49. The minimum absolute atomic E-state index is 0.0297. The number of para-hydroxylation sites is 2.